The number of hydrogen-bond donors (Lipinski definition) is 1. The molecule has 0 amide bonds. The molecule has 0 aromatic heterocycles. The van der Waals surface area contributed by atoms with Crippen molar-refractivity contribution < 1.29 is 0 Å². The lowest BCUT2D eigenvalue weighted by Gasteiger charge is -2.20. The van der Waals surface area contributed by atoms with Gasteiger partial charge in [-0.1, -0.05) is 24.4 Å². The van der Waals surface area contributed by atoms with Gasteiger partial charge in [-0.05, 0) is 37.0 Å². The van der Waals surface area contributed by atoms with E-state index in [1.165, 1.54) is 31.4 Å². The van der Waals surface area contributed by atoms with Gasteiger partial charge in [0.15, 0.2) is 0 Å². The summed E-state index contributed by atoms with van der Waals surface area (Å²) < 4.78 is 0. The number of halogens is 1. The molecule has 1 N–H and O–H groups in total. The van der Waals surface area contributed by atoms with Crippen molar-refractivity contribution in [1.29, 1.82) is 0 Å². The van der Waals surface area contributed by atoms with Crippen molar-refractivity contribution in [1.82, 2.24) is 0 Å². The Labute approximate surface area is 109 Å². The molecule has 94 valence electrons. The SMILES string of the molecule is CN(C)c1ccc(Cl)cc1NCC1CCCC1. The van der Waals surface area contributed by atoms with Crippen LogP contribution in [0.1, 0.15) is 25.7 Å². The van der Waals surface area contributed by atoms with Gasteiger partial charge in [0.05, 0.1) is 11.4 Å². The fraction of sp³-hybridized carbons (Fsp3) is 0.571. The standard InChI is InChI=1S/C14H21ClN2/c1-17(2)14-8-7-12(15)9-13(14)16-10-11-5-3-4-6-11/h7-9,11,16H,3-6,10H2,1-2H3. The number of nitrogens with one attached hydrogen (secondary N) is 1. The maximum absolute atomic E-state index is 6.06. The second kappa shape index (κ2) is 5.63. The zero-order valence-corrected chi connectivity index (χ0v) is 11.4. The number of anilines is 2. The van der Waals surface area contributed by atoms with Crippen molar-refractivity contribution in [2.75, 3.05) is 30.9 Å². The molecule has 3 heteroatoms. The number of rotatable bonds is 4. The molecule has 1 fully saturated rings. The predicted octanol–water partition coefficient (Wildman–Crippen LogP) is 4.01. The van der Waals surface area contributed by atoms with E-state index >= 15 is 0 Å². The third-order valence-electron chi connectivity index (χ3n) is 3.50. The molecule has 0 atom stereocenters. The van der Waals surface area contributed by atoms with Gasteiger partial charge in [-0.25, -0.2) is 0 Å². The molecule has 0 aliphatic heterocycles. The van der Waals surface area contributed by atoms with E-state index in [9.17, 15) is 0 Å². The van der Waals surface area contributed by atoms with Gasteiger partial charge >= 0.3 is 0 Å². The highest BCUT2D eigenvalue weighted by Gasteiger charge is 2.15. The molecule has 0 heterocycles. The molecule has 0 bridgehead atoms. The van der Waals surface area contributed by atoms with Gasteiger partial charge < -0.3 is 10.2 Å². The van der Waals surface area contributed by atoms with Crippen LogP contribution in [0.15, 0.2) is 18.2 Å². The monoisotopic (exact) mass is 252 g/mol. The van der Waals surface area contributed by atoms with Gasteiger partial charge in [-0.15, -0.1) is 0 Å². The van der Waals surface area contributed by atoms with E-state index in [2.05, 4.69) is 30.4 Å². The van der Waals surface area contributed by atoms with Gasteiger partial charge in [0.1, 0.15) is 0 Å². The van der Waals surface area contributed by atoms with E-state index in [1.54, 1.807) is 0 Å². The van der Waals surface area contributed by atoms with Crippen LogP contribution < -0.4 is 10.2 Å². The largest absolute Gasteiger partial charge is 0.383 e. The van der Waals surface area contributed by atoms with Crippen molar-refractivity contribution >= 4 is 23.0 Å². The summed E-state index contributed by atoms with van der Waals surface area (Å²) in [6, 6.07) is 6.03. The minimum absolute atomic E-state index is 0.796. The summed E-state index contributed by atoms with van der Waals surface area (Å²) in [6.45, 7) is 1.07. The van der Waals surface area contributed by atoms with Crippen molar-refractivity contribution in [2.45, 2.75) is 25.7 Å². The molecule has 0 radical (unpaired) electrons. The summed E-state index contributed by atoms with van der Waals surface area (Å²) in [7, 11) is 4.12. The van der Waals surface area contributed by atoms with Gasteiger partial charge in [-0.3, -0.25) is 0 Å². The molecule has 1 aromatic rings. The number of nitrogens with zero attached hydrogens (tertiary/aromatic N) is 1. The Bertz CT molecular complexity index is 370. The lowest BCUT2D eigenvalue weighted by atomic mass is 10.1. The average Bonchev–Trinajstić information content (AvgIpc) is 2.78. The minimum Gasteiger partial charge on any atom is -0.383 e. The smallest absolute Gasteiger partial charge is 0.0597 e. The Hall–Kier alpha value is -0.890. The second-order valence-electron chi connectivity index (χ2n) is 5.09. The van der Waals surface area contributed by atoms with Crippen LogP contribution >= 0.6 is 11.6 Å². The summed E-state index contributed by atoms with van der Waals surface area (Å²) in [5, 5.41) is 4.35. The van der Waals surface area contributed by atoms with Gasteiger partial charge in [0.25, 0.3) is 0 Å². The van der Waals surface area contributed by atoms with E-state index in [-0.39, 0.29) is 0 Å². The molecular formula is C14H21ClN2. The summed E-state index contributed by atoms with van der Waals surface area (Å²) >= 11 is 6.06. The zero-order valence-electron chi connectivity index (χ0n) is 10.7. The first-order valence-electron chi connectivity index (χ1n) is 6.37. The molecule has 0 saturated heterocycles. The van der Waals surface area contributed by atoms with Crippen LogP contribution in [0.5, 0.6) is 0 Å². The Morgan fingerprint density at radius 2 is 2.00 bits per heavy atom. The normalized spacial score (nSPS) is 16.2. The van der Waals surface area contributed by atoms with Crippen LogP contribution in [0.3, 0.4) is 0 Å². The van der Waals surface area contributed by atoms with Crippen LogP contribution in [0.4, 0.5) is 11.4 Å². The topological polar surface area (TPSA) is 15.3 Å². The molecule has 1 saturated carbocycles. The van der Waals surface area contributed by atoms with E-state index in [4.69, 9.17) is 11.6 Å². The molecule has 2 nitrogen and oxygen atoms in total. The highest BCUT2D eigenvalue weighted by Crippen LogP contribution is 2.30. The van der Waals surface area contributed by atoms with E-state index in [0.29, 0.717) is 0 Å². The minimum atomic E-state index is 0.796. The predicted molar refractivity (Wildman–Crippen MR) is 76.2 cm³/mol. The van der Waals surface area contributed by atoms with E-state index in [1.807, 2.05) is 12.1 Å². The number of hydrogen-bond acceptors (Lipinski definition) is 2. The van der Waals surface area contributed by atoms with Gasteiger partial charge in [-0.2, -0.15) is 0 Å². The molecule has 0 unspecified atom stereocenters. The van der Waals surface area contributed by atoms with Crippen LogP contribution in [0.25, 0.3) is 0 Å². The third-order valence-corrected chi connectivity index (χ3v) is 3.73. The quantitative estimate of drug-likeness (QED) is 0.871. The first-order chi connectivity index (χ1) is 8.16. The Kier molecular flexibility index (Phi) is 4.16. The molecule has 17 heavy (non-hydrogen) atoms. The Balaban J connectivity index is 2.04. The third kappa shape index (κ3) is 3.29. The fourth-order valence-corrected chi connectivity index (χ4v) is 2.68. The van der Waals surface area contributed by atoms with Crippen molar-refractivity contribution in [3.05, 3.63) is 23.2 Å². The molecule has 0 spiro atoms. The van der Waals surface area contributed by atoms with Crippen LogP contribution in [-0.4, -0.2) is 20.6 Å². The maximum Gasteiger partial charge on any atom is 0.0597 e. The first-order valence-corrected chi connectivity index (χ1v) is 6.75. The van der Waals surface area contributed by atoms with Crippen LogP contribution in [0.2, 0.25) is 5.02 Å². The Morgan fingerprint density at radius 3 is 2.65 bits per heavy atom. The number of benzene rings is 1. The summed E-state index contributed by atoms with van der Waals surface area (Å²) in [4.78, 5) is 2.12. The van der Waals surface area contributed by atoms with E-state index in [0.717, 1.165) is 23.2 Å². The maximum atomic E-state index is 6.06. The Morgan fingerprint density at radius 1 is 1.29 bits per heavy atom. The van der Waals surface area contributed by atoms with Crippen molar-refractivity contribution in [2.24, 2.45) is 5.92 Å². The first kappa shape index (κ1) is 12.6. The molecule has 2 rings (SSSR count). The highest BCUT2D eigenvalue weighted by atomic mass is 35.5. The summed E-state index contributed by atoms with van der Waals surface area (Å²) in [6.07, 6.45) is 5.51. The molecular weight excluding hydrogens is 232 g/mol. The average molecular weight is 253 g/mol. The lowest BCUT2D eigenvalue weighted by Crippen LogP contribution is -2.15. The van der Waals surface area contributed by atoms with Crippen molar-refractivity contribution in [3.8, 4) is 0 Å². The lowest BCUT2D eigenvalue weighted by molar-refractivity contribution is 0.580. The molecule has 1 aliphatic carbocycles. The van der Waals surface area contributed by atoms with Crippen LogP contribution in [-0.2, 0) is 0 Å². The van der Waals surface area contributed by atoms with Crippen LogP contribution in [0, 0.1) is 5.92 Å². The van der Waals surface area contributed by atoms with E-state index < -0.39 is 0 Å². The van der Waals surface area contributed by atoms with Gasteiger partial charge in [0.2, 0.25) is 0 Å². The van der Waals surface area contributed by atoms with Crippen molar-refractivity contribution in [3.63, 3.8) is 0 Å². The van der Waals surface area contributed by atoms with Gasteiger partial charge in [0, 0.05) is 25.7 Å². The second-order valence-corrected chi connectivity index (χ2v) is 5.52. The highest BCUT2D eigenvalue weighted by molar-refractivity contribution is 6.31. The fourth-order valence-electron chi connectivity index (χ4n) is 2.51. The summed E-state index contributed by atoms with van der Waals surface area (Å²) in [5.74, 6) is 0.837. The molecule has 1 aliphatic rings. The molecule has 1 aromatic carbocycles. The zero-order chi connectivity index (χ0) is 12.3. The summed E-state index contributed by atoms with van der Waals surface area (Å²) in [5.41, 5.74) is 2.35.